The van der Waals surface area contributed by atoms with Crippen LogP contribution in [-0.4, -0.2) is 47.7 Å². The van der Waals surface area contributed by atoms with E-state index in [4.69, 9.17) is 33.0 Å². The van der Waals surface area contributed by atoms with Crippen molar-refractivity contribution in [3.05, 3.63) is 39.9 Å². The molecule has 0 saturated carbocycles. The van der Waals surface area contributed by atoms with E-state index in [1.54, 1.807) is 18.2 Å². The van der Waals surface area contributed by atoms with Crippen LogP contribution in [0, 0.1) is 0 Å². The number of hydrogen-bond acceptors (Lipinski definition) is 3. The lowest BCUT2D eigenvalue weighted by Gasteiger charge is -2.32. The highest BCUT2D eigenvalue weighted by atomic mass is 35.5. The van der Waals surface area contributed by atoms with Crippen molar-refractivity contribution in [2.45, 2.75) is 6.04 Å². The monoisotopic (exact) mass is 329 g/mol. The minimum absolute atomic E-state index is 0.00711. The van der Waals surface area contributed by atoms with Crippen LogP contribution in [0.4, 0.5) is 0 Å². The zero-order chi connectivity index (χ0) is 15.4. The van der Waals surface area contributed by atoms with Crippen molar-refractivity contribution < 1.29 is 19.4 Å². The Kier molecular flexibility index (Phi) is 5.22. The third-order valence-electron chi connectivity index (χ3n) is 3.08. The largest absolute Gasteiger partial charge is 0.480 e. The maximum absolute atomic E-state index is 12.1. The van der Waals surface area contributed by atoms with Crippen molar-refractivity contribution in [2.75, 3.05) is 19.8 Å². The summed E-state index contributed by atoms with van der Waals surface area (Å²) in [4.78, 5) is 24.5. The summed E-state index contributed by atoms with van der Waals surface area (Å²) >= 11 is 11.9. The van der Waals surface area contributed by atoms with Gasteiger partial charge < -0.3 is 14.7 Å². The molecule has 5 nitrogen and oxygen atoms in total. The second-order valence-corrected chi connectivity index (χ2v) is 5.22. The molecule has 0 aliphatic carbocycles. The summed E-state index contributed by atoms with van der Waals surface area (Å²) in [6, 6.07) is 4.11. The fourth-order valence-corrected chi connectivity index (χ4v) is 2.35. The molecule has 1 aromatic rings. The lowest BCUT2D eigenvalue weighted by atomic mass is 10.2. The molecule has 21 heavy (non-hydrogen) atoms. The van der Waals surface area contributed by atoms with Gasteiger partial charge in [-0.15, -0.1) is 0 Å². The van der Waals surface area contributed by atoms with E-state index in [-0.39, 0.29) is 13.2 Å². The molecule has 1 aliphatic rings. The van der Waals surface area contributed by atoms with Gasteiger partial charge in [0.25, 0.3) is 0 Å². The normalized spacial score (nSPS) is 19.0. The van der Waals surface area contributed by atoms with Crippen LogP contribution in [0.5, 0.6) is 0 Å². The molecule has 2 rings (SSSR count). The van der Waals surface area contributed by atoms with Gasteiger partial charge in [-0.2, -0.15) is 0 Å². The molecule has 1 aromatic carbocycles. The number of aliphatic carboxylic acids is 1. The van der Waals surface area contributed by atoms with Crippen molar-refractivity contribution >= 4 is 41.2 Å². The average molecular weight is 330 g/mol. The first-order valence-electron chi connectivity index (χ1n) is 6.24. The van der Waals surface area contributed by atoms with E-state index in [0.29, 0.717) is 22.2 Å². The highest BCUT2D eigenvalue weighted by Crippen LogP contribution is 2.26. The van der Waals surface area contributed by atoms with Crippen LogP contribution in [0.2, 0.25) is 10.0 Å². The Morgan fingerprint density at radius 3 is 2.86 bits per heavy atom. The van der Waals surface area contributed by atoms with Crippen molar-refractivity contribution in [3.8, 4) is 0 Å². The van der Waals surface area contributed by atoms with Crippen LogP contribution in [0.3, 0.4) is 0 Å². The van der Waals surface area contributed by atoms with E-state index in [1.807, 2.05) is 0 Å². The van der Waals surface area contributed by atoms with Gasteiger partial charge in [-0.05, 0) is 17.7 Å². The number of carboxylic acids is 1. The standard InChI is InChI=1S/C14H13Cl2NO4/c15-10-3-1-2-9(13(10)16)4-5-12(18)17-6-7-21-8-11(17)14(19)20/h1-5,11H,6-8H2,(H,19,20)/b5-4+. The van der Waals surface area contributed by atoms with Crippen LogP contribution in [0.1, 0.15) is 5.56 Å². The first-order chi connectivity index (χ1) is 10.0. The van der Waals surface area contributed by atoms with E-state index in [1.165, 1.54) is 17.1 Å². The predicted octanol–water partition coefficient (Wildman–Crippen LogP) is 2.32. The lowest BCUT2D eigenvalue weighted by molar-refractivity contribution is -0.156. The second-order valence-electron chi connectivity index (χ2n) is 4.44. The van der Waals surface area contributed by atoms with Gasteiger partial charge in [0.1, 0.15) is 0 Å². The van der Waals surface area contributed by atoms with Gasteiger partial charge in [-0.3, -0.25) is 4.79 Å². The molecule has 1 N–H and O–H groups in total. The molecular weight excluding hydrogens is 317 g/mol. The number of hydrogen-bond donors (Lipinski definition) is 1. The lowest BCUT2D eigenvalue weighted by Crippen LogP contribution is -2.52. The molecule has 7 heteroatoms. The number of carbonyl (C=O) groups is 2. The summed E-state index contributed by atoms with van der Waals surface area (Å²) in [6.45, 7) is 0.553. The molecular formula is C14H13Cl2NO4. The summed E-state index contributed by atoms with van der Waals surface area (Å²) in [7, 11) is 0. The Morgan fingerprint density at radius 2 is 2.14 bits per heavy atom. The number of halogens is 2. The SMILES string of the molecule is O=C(O)C1COCCN1C(=O)/C=C/c1cccc(Cl)c1Cl. The van der Waals surface area contributed by atoms with Gasteiger partial charge in [0, 0.05) is 12.6 Å². The number of morpholine rings is 1. The van der Waals surface area contributed by atoms with Crippen molar-refractivity contribution in [3.63, 3.8) is 0 Å². The van der Waals surface area contributed by atoms with E-state index < -0.39 is 17.9 Å². The predicted molar refractivity (Wildman–Crippen MR) is 79.5 cm³/mol. The Morgan fingerprint density at radius 1 is 1.38 bits per heavy atom. The number of nitrogens with zero attached hydrogens (tertiary/aromatic N) is 1. The highest BCUT2D eigenvalue weighted by Gasteiger charge is 2.31. The van der Waals surface area contributed by atoms with Crippen LogP contribution in [0.25, 0.3) is 6.08 Å². The Hall–Kier alpha value is -1.56. The summed E-state index contributed by atoms with van der Waals surface area (Å²) in [5.74, 6) is -1.49. The van der Waals surface area contributed by atoms with E-state index in [2.05, 4.69) is 0 Å². The highest BCUT2D eigenvalue weighted by molar-refractivity contribution is 6.42. The number of carboxylic acid groups (broad SMARTS) is 1. The van der Waals surface area contributed by atoms with E-state index >= 15 is 0 Å². The van der Waals surface area contributed by atoms with Crippen molar-refractivity contribution in [2.24, 2.45) is 0 Å². The van der Waals surface area contributed by atoms with Crippen molar-refractivity contribution in [1.82, 2.24) is 4.90 Å². The molecule has 0 radical (unpaired) electrons. The third kappa shape index (κ3) is 3.75. The number of rotatable bonds is 3. The summed E-state index contributed by atoms with van der Waals surface area (Å²) in [5, 5.41) is 9.82. The van der Waals surface area contributed by atoms with Gasteiger partial charge >= 0.3 is 5.97 Å². The Bertz CT molecular complexity index is 588. The maximum atomic E-state index is 12.1. The first kappa shape index (κ1) is 15.8. The fourth-order valence-electron chi connectivity index (χ4n) is 1.98. The number of carbonyl (C=O) groups excluding carboxylic acids is 1. The summed E-state index contributed by atoms with van der Waals surface area (Å²) < 4.78 is 5.08. The van der Waals surface area contributed by atoms with Crippen molar-refractivity contribution in [1.29, 1.82) is 0 Å². The molecule has 0 aromatic heterocycles. The zero-order valence-corrected chi connectivity index (χ0v) is 12.5. The van der Waals surface area contributed by atoms with E-state index in [9.17, 15) is 9.59 Å². The van der Waals surface area contributed by atoms with Gasteiger partial charge in [0.15, 0.2) is 6.04 Å². The molecule has 1 fully saturated rings. The topological polar surface area (TPSA) is 66.8 Å². The Balaban J connectivity index is 2.14. The first-order valence-corrected chi connectivity index (χ1v) is 6.99. The second kappa shape index (κ2) is 6.93. The van der Waals surface area contributed by atoms with Gasteiger partial charge in [0.2, 0.25) is 5.91 Å². The van der Waals surface area contributed by atoms with Crippen LogP contribution < -0.4 is 0 Å². The summed E-state index contributed by atoms with van der Waals surface area (Å²) in [5.41, 5.74) is 0.595. The smallest absolute Gasteiger partial charge is 0.328 e. The van der Waals surface area contributed by atoms with Gasteiger partial charge in [-0.25, -0.2) is 4.79 Å². The molecule has 1 amide bonds. The Labute approximate surface area is 131 Å². The quantitative estimate of drug-likeness (QED) is 0.864. The van der Waals surface area contributed by atoms with E-state index in [0.717, 1.165) is 0 Å². The van der Waals surface area contributed by atoms with Crippen LogP contribution >= 0.6 is 23.2 Å². The third-order valence-corrected chi connectivity index (χ3v) is 3.92. The number of amides is 1. The molecule has 1 saturated heterocycles. The number of benzene rings is 1. The van der Waals surface area contributed by atoms with Crippen LogP contribution in [0.15, 0.2) is 24.3 Å². The minimum atomic E-state index is -1.09. The number of ether oxygens (including phenoxy) is 1. The minimum Gasteiger partial charge on any atom is -0.480 e. The van der Waals surface area contributed by atoms with Gasteiger partial charge in [-0.1, -0.05) is 35.3 Å². The zero-order valence-electron chi connectivity index (χ0n) is 11.0. The molecule has 112 valence electrons. The maximum Gasteiger partial charge on any atom is 0.328 e. The van der Waals surface area contributed by atoms with Gasteiger partial charge in [0.05, 0.1) is 23.3 Å². The molecule has 1 unspecified atom stereocenters. The molecule has 0 spiro atoms. The van der Waals surface area contributed by atoms with Crippen LogP contribution in [-0.2, 0) is 14.3 Å². The average Bonchev–Trinajstić information content (AvgIpc) is 2.48. The molecule has 0 bridgehead atoms. The molecule has 1 atom stereocenters. The molecule has 1 aliphatic heterocycles. The summed E-state index contributed by atoms with van der Waals surface area (Å²) in [6.07, 6.45) is 2.81. The fraction of sp³-hybridized carbons (Fsp3) is 0.286. The molecule has 1 heterocycles.